The summed E-state index contributed by atoms with van der Waals surface area (Å²) in [6.45, 7) is 2.18. The van der Waals surface area contributed by atoms with E-state index in [9.17, 15) is 0 Å². The monoisotopic (exact) mass is 614 g/mol. The van der Waals surface area contributed by atoms with Crippen molar-refractivity contribution in [3.63, 3.8) is 0 Å². The van der Waals surface area contributed by atoms with E-state index in [1.54, 1.807) is 14.2 Å². The Hall–Kier alpha value is -3.32. The molecule has 0 fully saturated rings. The normalized spacial score (nSPS) is 18.3. The summed E-state index contributed by atoms with van der Waals surface area (Å²) in [6, 6.07) is 30.6. The number of aliphatic imine (C=N–C) groups is 1. The highest BCUT2D eigenvalue weighted by Crippen LogP contribution is 2.50. The first-order chi connectivity index (χ1) is 18.7. The average molecular weight is 615 g/mol. The smallest absolute Gasteiger partial charge is 0.174 e. The summed E-state index contributed by atoms with van der Waals surface area (Å²) >= 11 is 2.28. The van der Waals surface area contributed by atoms with E-state index in [2.05, 4.69) is 106 Å². The zero-order chi connectivity index (χ0) is 26.1. The summed E-state index contributed by atoms with van der Waals surface area (Å²) in [6.07, 6.45) is 4.18. The minimum absolute atomic E-state index is 0.368. The van der Waals surface area contributed by atoms with Crippen LogP contribution < -0.4 is 14.4 Å². The Morgan fingerprint density at radius 3 is 1.89 bits per heavy atom. The number of benzene rings is 4. The van der Waals surface area contributed by atoms with Crippen molar-refractivity contribution in [2.45, 2.75) is 24.7 Å². The quantitative estimate of drug-likeness (QED) is 0.163. The van der Waals surface area contributed by atoms with Gasteiger partial charge in [0.05, 0.1) is 23.5 Å². The average Bonchev–Trinajstić information content (AvgIpc) is 2.97. The molecule has 0 radical (unpaired) electrons. The minimum Gasteiger partial charge on any atom is -0.493 e. The molecule has 4 aromatic rings. The Bertz CT molecular complexity index is 1400. The molecule has 2 heterocycles. The molecule has 38 heavy (non-hydrogen) atoms. The lowest BCUT2D eigenvalue weighted by molar-refractivity contribution is 0.353. The first kappa shape index (κ1) is 25.0. The molecule has 2 aliphatic rings. The number of rotatable bonds is 6. The summed E-state index contributed by atoms with van der Waals surface area (Å²) in [5.74, 6) is 2.20. The maximum atomic E-state index is 5.57. The van der Waals surface area contributed by atoms with E-state index >= 15 is 0 Å². The van der Waals surface area contributed by atoms with Crippen LogP contribution in [-0.4, -0.2) is 33.5 Å². The van der Waals surface area contributed by atoms with E-state index in [1.165, 1.54) is 27.9 Å². The van der Waals surface area contributed by atoms with Crippen molar-refractivity contribution in [2.75, 3.05) is 32.2 Å². The molecule has 0 aliphatic carbocycles. The van der Waals surface area contributed by atoms with Crippen molar-refractivity contribution in [1.82, 2.24) is 0 Å². The Morgan fingerprint density at radius 1 is 0.789 bits per heavy atom. The Kier molecular flexibility index (Phi) is 7.11. The molecule has 0 saturated heterocycles. The Balaban J connectivity index is 1.48. The molecule has 192 valence electrons. The van der Waals surface area contributed by atoms with Crippen LogP contribution in [0.25, 0.3) is 0 Å². The zero-order valence-electron chi connectivity index (χ0n) is 21.7. The van der Waals surface area contributed by atoms with Crippen LogP contribution >= 0.6 is 22.6 Å². The summed E-state index contributed by atoms with van der Waals surface area (Å²) in [4.78, 5) is 7.63. The fourth-order valence-corrected chi connectivity index (χ4v) is 6.92. The van der Waals surface area contributed by atoms with Crippen LogP contribution in [0.15, 0.2) is 89.9 Å². The molecule has 0 N–H and O–H groups in total. The SMILES string of the molecule is COc1cc(C=Nc2cc3c4c(c2)[C@@H](c2ccccc2)CCN4CC[C@@H]3c2ccccc2)cc(I)c1OC. The second-order valence-electron chi connectivity index (χ2n) is 9.96. The maximum absolute atomic E-state index is 5.57. The third-order valence-corrected chi connectivity index (χ3v) is 8.62. The van der Waals surface area contributed by atoms with Crippen molar-refractivity contribution in [3.8, 4) is 11.5 Å². The molecule has 2 atom stereocenters. The molecule has 5 heteroatoms. The van der Waals surface area contributed by atoms with Crippen molar-refractivity contribution in [2.24, 2.45) is 4.99 Å². The Morgan fingerprint density at radius 2 is 1.37 bits per heavy atom. The lowest BCUT2D eigenvalue weighted by Crippen LogP contribution is -2.37. The molecule has 0 saturated carbocycles. The van der Waals surface area contributed by atoms with Gasteiger partial charge in [-0.05, 0) is 87.5 Å². The summed E-state index contributed by atoms with van der Waals surface area (Å²) < 4.78 is 12.1. The highest BCUT2D eigenvalue weighted by atomic mass is 127. The van der Waals surface area contributed by atoms with Crippen molar-refractivity contribution < 1.29 is 9.47 Å². The molecule has 2 aliphatic heterocycles. The van der Waals surface area contributed by atoms with Gasteiger partial charge in [0.25, 0.3) is 0 Å². The standard InChI is InChI=1S/C33H31IN2O2/c1-37-31-18-22(17-30(34)33(31)38-2)21-35-25-19-28-26(23-9-5-3-6-10-23)13-15-36-16-14-27(29(20-25)32(28)36)24-11-7-4-8-12-24/h3-12,17-21,26-27H,13-16H2,1-2H3/t26-,27-/m1/s1. The molecule has 4 nitrogen and oxygen atoms in total. The topological polar surface area (TPSA) is 34.1 Å². The largest absolute Gasteiger partial charge is 0.493 e. The van der Waals surface area contributed by atoms with Crippen LogP contribution in [-0.2, 0) is 0 Å². The Labute approximate surface area is 238 Å². The highest BCUT2D eigenvalue weighted by Gasteiger charge is 2.35. The predicted octanol–water partition coefficient (Wildman–Crippen LogP) is 7.94. The highest BCUT2D eigenvalue weighted by molar-refractivity contribution is 14.1. The van der Waals surface area contributed by atoms with Crippen LogP contribution in [0.5, 0.6) is 11.5 Å². The van der Waals surface area contributed by atoms with Crippen LogP contribution in [0.4, 0.5) is 11.4 Å². The molecule has 0 spiro atoms. The molecule has 6 rings (SSSR count). The van der Waals surface area contributed by atoms with Gasteiger partial charge in [-0.2, -0.15) is 0 Å². The number of anilines is 1. The summed E-state index contributed by atoms with van der Waals surface area (Å²) in [7, 11) is 3.34. The summed E-state index contributed by atoms with van der Waals surface area (Å²) in [5, 5.41) is 0. The first-order valence-corrected chi connectivity index (χ1v) is 14.2. The van der Waals surface area contributed by atoms with E-state index in [1.807, 2.05) is 12.3 Å². The van der Waals surface area contributed by atoms with Gasteiger partial charge in [0, 0.05) is 36.8 Å². The molecular formula is C33H31IN2O2. The van der Waals surface area contributed by atoms with Crippen LogP contribution in [0, 0.1) is 3.57 Å². The van der Waals surface area contributed by atoms with E-state index in [4.69, 9.17) is 14.5 Å². The van der Waals surface area contributed by atoms with Crippen LogP contribution in [0.2, 0.25) is 0 Å². The molecule has 0 amide bonds. The van der Waals surface area contributed by atoms with Gasteiger partial charge in [0.1, 0.15) is 0 Å². The fourth-order valence-electron chi connectivity index (χ4n) is 6.08. The van der Waals surface area contributed by atoms with E-state index < -0.39 is 0 Å². The van der Waals surface area contributed by atoms with Gasteiger partial charge in [-0.15, -0.1) is 0 Å². The van der Waals surface area contributed by atoms with Gasteiger partial charge in [-0.25, -0.2) is 0 Å². The lowest BCUT2D eigenvalue weighted by Gasteiger charge is -2.43. The third-order valence-electron chi connectivity index (χ3n) is 7.82. The van der Waals surface area contributed by atoms with Gasteiger partial charge < -0.3 is 14.4 Å². The van der Waals surface area contributed by atoms with Gasteiger partial charge in [-0.1, -0.05) is 60.7 Å². The van der Waals surface area contributed by atoms with Crippen LogP contribution in [0.1, 0.15) is 52.5 Å². The van der Waals surface area contributed by atoms with E-state index in [0.717, 1.165) is 46.5 Å². The van der Waals surface area contributed by atoms with Crippen molar-refractivity contribution in [3.05, 3.63) is 116 Å². The number of ether oxygens (including phenoxy) is 2. The lowest BCUT2D eigenvalue weighted by atomic mass is 9.76. The van der Waals surface area contributed by atoms with Gasteiger partial charge in [-0.3, -0.25) is 4.99 Å². The maximum Gasteiger partial charge on any atom is 0.174 e. The number of hydrogen-bond donors (Lipinski definition) is 0. The molecule has 0 aromatic heterocycles. The molecule has 0 bridgehead atoms. The molecule has 4 aromatic carbocycles. The summed E-state index contributed by atoms with van der Waals surface area (Å²) in [5.41, 5.74) is 8.96. The number of methoxy groups -OCH3 is 2. The van der Waals surface area contributed by atoms with Gasteiger partial charge in [0.2, 0.25) is 0 Å². The van der Waals surface area contributed by atoms with Gasteiger partial charge >= 0.3 is 0 Å². The second-order valence-corrected chi connectivity index (χ2v) is 11.1. The number of hydrogen-bond acceptors (Lipinski definition) is 4. The zero-order valence-corrected chi connectivity index (χ0v) is 23.9. The minimum atomic E-state index is 0.368. The van der Waals surface area contributed by atoms with Crippen LogP contribution in [0.3, 0.4) is 0 Å². The van der Waals surface area contributed by atoms with E-state index in [-0.39, 0.29) is 0 Å². The molecule has 0 unspecified atom stereocenters. The van der Waals surface area contributed by atoms with E-state index in [0.29, 0.717) is 17.6 Å². The predicted molar refractivity (Wildman–Crippen MR) is 164 cm³/mol. The number of nitrogens with zero attached hydrogens (tertiary/aromatic N) is 2. The first-order valence-electron chi connectivity index (χ1n) is 13.1. The number of halogens is 1. The second kappa shape index (κ2) is 10.8. The van der Waals surface area contributed by atoms with Gasteiger partial charge in [0.15, 0.2) is 11.5 Å². The van der Waals surface area contributed by atoms with Crippen molar-refractivity contribution in [1.29, 1.82) is 0 Å². The van der Waals surface area contributed by atoms with Crippen molar-refractivity contribution >= 4 is 40.2 Å². The fraction of sp³-hybridized carbons (Fsp3) is 0.242. The third kappa shape index (κ3) is 4.68. The molecular weight excluding hydrogens is 583 g/mol.